The van der Waals surface area contributed by atoms with Crippen LogP contribution < -0.4 is 5.32 Å². The monoisotopic (exact) mass is 1120 g/mol. The molecule has 1 amide bonds. The highest BCUT2D eigenvalue weighted by atomic mass is 16.3. The van der Waals surface area contributed by atoms with Gasteiger partial charge in [-0.05, 0) is 64.2 Å². The molecule has 0 aliphatic carbocycles. The van der Waals surface area contributed by atoms with Crippen molar-refractivity contribution in [2.24, 2.45) is 0 Å². The van der Waals surface area contributed by atoms with Gasteiger partial charge in [-0.3, -0.25) is 4.79 Å². The van der Waals surface area contributed by atoms with E-state index in [-0.39, 0.29) is 12.5 Å². The topological polar surface area (TPSA) is 69.6 Å². The van der Waals surface area contributed by atoms with Crippen molar-refractivity contribution in [3.05, 3.63) is 48.6 Å². The van der Waals surface area contributed by atoms with Crippen LogP contribution in [0.3, 0.4) is 0 Å². The summed E-state index contributed by atoms with van der Waals surface area (Å²) < 4.78 is 0. The summed E-state index contributed by atoms with van der Waals surface area (Å²) in [5, 5.41) is 23.3. The van der Waals surface area contributed by atoms with Crippen molar-refractivity contribution in [2.75, 3.05) is 6.61 Å². The Morgan fingerprint density at radius 2 is 0.525 bits per heavy atom. The predicted molar refractivity (Wildman–Crippen MR) is 359 cm³/mol. The minimum absolute atomic E-state index is 0.0652. The van der Waals surface area contributed by atoms with Crippen LogP contribution in [0.15, 0.2) is 48.6 Å². The summed E-state index contributed by atoms with van der Waals surface area (Å²) in [6.07, 6.45) is 101. The second-order valence-corrected chi connectivity index (χ2v) is 25.4. The molecule has 0 aromatic heterocycles. The Kier molecular flexibility index (Phi) is 70.1. The van der Waals surface area contributed by atoms with E-state index in [9.17, 15) is 15.0 Å². The van der Waals surface area contributed by atoms with Gasteiger partial charge in [0.15, 0.2) is 0 Å². The molecular weight excluding hydrogens is 975 g/mol. The van der Waals surface area contributed by atoms with E-state index in [1.807, 2.05) is 6.08 Å². The molecule has 0 rings (SSSR count). The van der Waals surface area contributed by atoms with Gasteiger partial charge in [-0.2, -0.15) is 0 Å². The third-order valence-corrected chi connectivity index (χ3v) is 17.3. The third kappa shape index (κ3) is 67.1. The number of hydrogen-bond donors (Lipinski definition) is 3. The van der Waals surface area contributed by atoms with Crippen molar-refractivity contribution in [3.8, 4) is 0 Å². The van der Waals surface area contributed by atoms with E-state index in [1.54, 1.807) is 6.08 Å². The first kappa shape index (κ1) is 78.4. The quantitative estimate of drug-likeness (QED) is 0.0420. The highest BCUT2D eigenvalue weighted by Crippen LogP contribution is 2.19. The van der Waals surface area contributed by atoms with E-state index in [0.717, 1.165) is 38.5 Å². The second-order valence-electron chi connectivity index (χ2n) is 25.4. The normalized spacial score (nSPS) is 12.9. The fraction of sp³-hybridized carbons (Fsp3) is 0.882. The van der Waals surface area contributed by atoms with Crippen molar-refractivity contribution in [2.45, 2.75) is 424 Å². The zero-order valence-corrected chi connectivity index (χ0v) is 54.6. The summed E-state index contributed by atoms with van der Waals surface area (Å²) >= 11 is 0. The summed E-state index contributed by atoms with van der Waals surface area (Å²) in [7, 11) is 0. The van der Waals surface area contributed by atoms with E-state index in [0.29, 0.717) is 6.42 Å². The van der Waals surface area contributed by atoms with Crippen molar-refractivity contribution < 1.29 is 15.0 Å². The van der Waals surface area contributed by atoms with Crippen molar-refractivity contribution in [3.63, 3.8) is 0 Å². The smallest absolute Gasteiger partial charge is 0.220 e. The average Bonchev–Trinajstić information content (AvgIpc) is 3.46. The largest absolute Gasteiger partial charge is 0.394 e. The summed E-state index contributed by atoms with van der Waals surface area (Å²) in [6, 6.07) is -0.640. The summed E-state index contributed by atoms with van der Waals surface area (Å²) in [5.41, 5.74) is 0. The van der Waals surface area contributed by atoms with Crippen LogP contribution >= 0.6 is 0 Å². The van der Waals surface area contributed by atoms with Gasteiger partial charge in [0.1, 0.15) is 0 Å². The summed E-state index contributed by atoms with van der Waals surface area (Å²) in [5.74, 6) is -0.0652. The van der Waals surface area contributed by atoms with E-state index in [1.165, 1.54) is 353 Å². The zero-order valence-electron chi connectivity index (χ0n) is 54.6. The molecule has 0 bridgehead atoms. The number of hydrogen-bond acceptors (Lipinski definition) is 3. The molecule has 4 heteroatoms. The Morgan fingerprint density at radius 3 is 0.800 bits per heavy atom. The Bertz CT molecular complexity index is 1270. The standard InChI is InChI=1S/C76H145NO3/c1-3-5-7-9-11-13-15-17-19-21-23-25-27-29-31-33-34-35-36-37-38-39-40-41-42-44-46-48-50-52-54-56-58-60-62-64-66-68-70-72-76(80)77-74(73-78)75(79)71-69-67-65-63-61-59-57-55-53-51-49-47-45-43-32-30-28-26-24-22-20-18-16-14-12-10-8-6-4-2/h15,17,21,23,61,63,69,71,74-75,78-79H,3-14,16,18-20,22,24-60,62,64-68,70,72-73H2,1-2H3,(H,77,80)/b17-15-,23-21-,63-61+,71-69+. The molecule has 0 saturated carbocycles. The lowest BCUT2D eigenvalue weighted by Gasteiger charge is -2.19. The SMILES string of the molecule is CCCCCCC/C=C\C/C=C\CCCCCCCCCCCCCCCCCCCCCCCCCCCCCC(=O)NC(CO)C(O)/C=C/CC/C=C/CCCCCCCCCCCCCCCCCCCCCCCCC. The summed E-state index contributed by atoms with van der Waals surface area (Å²) in [6.45, 7) is 4.33. The molecule has 0 aromatic carbocycles. The molecule has 0 heterocycles. The minimum Gasteiger partial charge on any atom is -0.394 e. The number of unbranched alkanes of at least 4 members (excludes halogenated alkanes) is 56. The Hall–Kier alpha value is -1.65. The summed E-state index contributed by atoms with van der Waals surface area (Å²) in [4.78, 5) is 12.5. The molecule has 4 nitrogen and oxygen atoms in total. The first-order valence-electron chi connectivity index (χ1n) is 36.9. The van der Waals surface area contributed by atoms with E-state index < -0.39 is 12.1 Å². The average molecular weight is 1120 g/mol. The molecule has 0 aliphatic rings. The van der Waals surface area contributed by atoms with Gasteiger partial charge in [0, 0.05) is 6.42 Å². The lowest BCUT2D eigenvalue weighted by atomic mass is 10.0. The number of rotatable bonds is 69. The second kappa shape index (κ2) is 71.6. The van der Waals surface area contributed by atoms with Crippen LogP contribution in [0.2, 0.25) is 0 Å². The molecule has 0 saturated heterocycles. The van der Waals surface area contributed by atoms with E-state index >= 15 is 0 Å². The zero-order chi connectivity index (χ0) is 57.6. The maximum atomic E-state index is 12.5. The number of aliphatic hydroxyl groups is 2. The molecule has 2 atom stereocenters. The lowest BCUT2D eigenvalue weighted by Crippen LogP contribution is -2.45. The molecule has 0 fully saturated rings. The molecule has 472 valence electrons. The molecule has 0 aliphatic heterocycles. The number of nitrogens with one attached hydrogen (secondary N) is 1. The molecule has 0 spiro atoms. The lowest BCUT2D eigenvalue weighted by molar-refractivity contribution is -0.123. The molecular formula is C76H145NO3. The van der Waals surface area contributed by atoms with Gasteiger partial charge in [-0.1, -0.05) is 390 Å². The molecule has 0 aromatic rings. The molecule has 2 unspecified atom stereocenters. The van der Waals surface area contributed by atoms with Crippen molar-refractivity contribution in [1.29, 1.82) is 0 Å². The van der Waals surface area contributed by atoms with Gasteiger partial charge in [0.25, 0.3) is 0 Å². The van der Waals surface area contributed by atoms with Crippen LogP contribution in [0.25, 0.3) is 0 Å². The Labute approximate surface area is 503 Å². The fourth-order valence-corrected chi connectivity index (χ4v) is 11.7. The van der Waals surface area contributed by atoms with Gasteiger partial charge < -0.3 is 15.5 Å². The predicted octanol–water partition coefficient (Wildman–Crippen LogP) is 25.3. The Balaban J connectivity index is 3.42. The van der Waals surface area contributed by atoms with Gasteiger partial charge in [-0.15, -0.1) is 0 Å². The van der Waals surface area contributed by atoms with Crippen LogP contribution in [-0.4, -0.2) is 34.9 Å². The molecule has 3 N–H and O–H groups in total. The number of amides is 1. The highest BCUT2D eigenvalue weighted by Gasteiger charge is 2.18. The fourth-order valence-electron chi connectivity index (χ4n) is 11.7. The van der Waals surface area contributed by atoms with Crippen molar-refractivity contribution >= 4 is 5.91 Å². The minimum atomic E-state index is -0.863. The number of carbonyl (C=O) groups is 1. The number of carbonyl (C=O) groups excluding carboxylic acids is 1. The number of aliphatic hydroxyl groups excluding tert-OH is 2. The van der Waals surface area contributed by atoms with Crippen LogP contribution in [0.1, 0.15) is 412 Å². The third-order valence-electron chi connectivity index (χ3n) is 17.3. The molecule has 0 radical (unpaired) electrons. The van der Waals surface area contributed by atoms with Gasteiger partial charge >= 0.3 is 0 Å². The van der Waals surface area contributed by atoms with Crippen LogP contribution in [-0.2, 0) is 4.79 Å². The van der Waals surface area contributed by atoms with Gasteiger partial charge in [-0.25, -0.2) is 0 Å². The maximum Gasteiger partial charge on any atom is 0.220 e. The van der Waals surface area contributed by atoms with Gasteiger partial charge in [0.2, 0.25) is 5.91 Å². The van der Waals surface area contributed by atoms with Crippen LogP contribution in [0.5, 0.6) is 0 Å². The first-order valence-corrected chi connectivity index (χ1v) is 36.9. The van der Waals surface area contributed by atoms with Crippen molar-refractivity contribution in [1.82, 2.24) is 5.32 Å². The first-order chi connectivity index (χ1) is 39.7. The number of allylic oxidation sites excluding steroid dienone is 7. The van der Waals surface area contributed by atoms with E-state index in [2.05, 4.69) is 55.6 Å². The Morgan fingerprint density at radius 1 is 0.300 bits per heavy atom. The maximum absolute atomic E-state index is 12.5. The van der Waals surface area contributed by atoms with E-state index in [4.69, 9.17) is 0 Å². The molecule has 80 heavy (non-hydrogen) atoms. The highest BCUT2D eigenvalue weighted by molar-refractivity contribution is 5.76. The van der Waals surface area contributed by atoms with Crippen LogP contribution in [0.4, 0.5) is 0 Å². The van der Waals surface area contributed by atoms with Crippen LogP contribution in [0, 0.1) is 0 Å². The van der Waals surface area contributed by atoms with Gasteiger partial charge in [0.05, 0.1) is 18.8 Å².